The summed E-state index contributed by atoms with van der Waals surface area (Å²) in [5.41, 5.74) is 1.61. The lowest BCUT2D eigenvalue weighted by molar-refractivity contribution is -0.123. The molecule has 3 aromatic rings. The van der Waals surface area contributed by atoms with Crippen LogP contribution >= 0.6 is 43.5 Å². The number of hydrogen-bond donors (Lipinski definition) is 1. The van der Waals surface area contributed by atoms with Crippen molar-refractivity contribution in [3.05, 3.63) is 68.2 Å². The van der Waals surface area contributed by atoms with E-state index in [0.717, 1.165) is 19.9 Å². The summed E-state index contributed by atoms with van der Waals surface area (Å²) in [6, 6.07) is 13.0. The molecule has 0 aliphatic rings. The number of nitrogens with one attached hydrogen (secondary N) is 1. The van der Waals surface area contributed by atoms with Gasteiger partial charge < -0.3 is 10.1 Å². The minimum Gasteiger partial charge on any atom is -0.480 e. The van der Waals surface area contributed by atoms with Gasteiger partial charge in [-0.2, -0.15) is 0 Å². The van der Waals surface area contributed by atoms with Crippen molar-refractivity contribution in [3.8, 4) is 5.75 Å². The van der Waals surface area contributed by atoms with Crippen molar-refractivity contribution >= 4 is 60.3 Å². The van der Waals surface area contributed by atoms with Gasteiger partial charge in [0, 0.05) is 27.6 Å². The molecule has 0 radical (unpaired) electrons. The fourth-order valence-corrected chi connectivity index (χ4v) is 3.92. The fourth-order valence-electron chi connectivity index (χ4n) is 2.32. The zero-order chi connectivity index (χ0) is 17.8. The number of nitrogens with zero attached hydrogens (tertiary/aromatic N) is 1. The summed E-state index contributed by atoms with van der Waals surface area (Å²) in [5, 5.41) is 4.36. The van der Waals surface area contributed by atoms with Gasteiger partial charge in [-0.1, -0.05) is 45.7 Å². The Morgan fingerprint density at radius 1 is 1.16 bits per heavy atom. The minimum absolute atomic E-state index is 0.105. The van der Waals surface area contributed by atoms with Gasteiger partial charge >= 0.3 is 0 Å². The maximum atomic E-state index is 12.1. The number of fused-ring (bicyclic) bond motifs is 1. The van der Waals surface area contributed by atoms with Gasteiger partial charge in [0.05, 0.1) is 4.47 Å². The molecule has 2 aromatic carbocycles. The normalized spacial score (nSPS) is 10.7. The van der Waals surface area contributed by atoms with Crippen LogP contribution in [0.2, 0.25) is 5.02 Å². The van der Waals surface area contributed by atoms with Gasteiger partial charge in [0.25, 0.3) is 5.91 Å². The van der Waals surface area contributed by atoms with Gasteiger partial charge in [-0.05, 0) is 45.8 Å². The Labute approximate surface area is 166 Å². The largest absolute Gasteiger partial charge is 0.480 e. The van der Waals surface area contributed by atoms with E-state index in [2.05, 4.69) is 42.2 Å². The maximum Gasteiger partial charge on any atom is 0.258 e. The quantitative estimate of drug-likeness (QED) is 0.548. The Balaban J connectivity index is 1.67. The van der Waals surface area contributed by atoms with Crippen LogP contribution in [0.3, 0.4) is 0 Å². The van der Waals surface area contributed by atoms with Crippen molar-refractivity contribution in [2.24, 2.45) is 0 Å². The number of hydrogen-bond acceptors (Lipinski definition) is 3. The fraction of sp³-hybridized carbons (Fsp3) is 0.111. The monoisotopic (exact) mass is 482 g/mol. The van der Waals surface area contributed by atoms with Crippen LogP contribution < -0.4 is 10.1 Å². The summed E-state index contributed by atoms with van der Waals surface area (Å²) in [6.07, 6.45) is 1.69. The summed E-state index contributed by atoms with van der Waals surface area (Å²) < 4.78 is 7.34. The van der Waals surface area contributed by atoms with Gasteiger partial charge in [-0.15, -0.1) is 0 Å². The zero-order valence-electron chi connectivity index (χ0n) is 12.9. The van der Waals surface area contributed by atoms with Crippen LogP contribution in [0.15, 0.2) is 57.6 Å². The highest BCUT2D eigenvalue weighted by atomic mass is 79.9. The second kappa shape index (κ2) is 8.17. The van der Waals surface area contributed by atoms with E-state index in [1.165, 1.54) is 0 Å². The highest BCUT2D eigenvalue weighted by Crippen LogP contribution is 2.37. The highest BCUT2D eigenvalue weighted by molar-refractivity contribution is 9.11. The number of benzene rings is 2. The van der Waals surface area contributed by atoms with E-state index < -0.39 is 0 Å². The molecule has 1 heterocycles. The summed E-state index contributed by atoms with van der Waals surface area (Å²) in [6.45, 7) is 0.287. The average Bonchev–Trinajstić information content (AvgIpc) is 2.60. The number of amides is 1. The van der Waals surface area contributed by atoms with Gasteiger partial charge in [-0.3, -0.25) is 9.78 Å². The third-order valence-corrected chi connectivity index (χ3v) is 4.96. The van der Waals surface area contributed by atoms with E-state index in [4.69, 9.17) is 16.3 Å². The number of ether oxygens (including phenoxy) is 1. The molecule has 1 amide bonds. The molecule has 3 rings (SSSR count). The average molecular weight is 485 g/mol. The molecule has 0 bridgehead atoms. The van der Waals surface area contributed by atoms with Crippen LogP contribution in [-0.2, 0) is 11.3 Å². The first-order valence-electron chi connectivity index (χ1n) is 7.41. The summed E-state index contributed by atoms with van der Waals surface area (Å²) in [7, 11) is 0. The molecule has 0 aliphatic heterocycles. The highest BCUT2D eigenvalue weighted by Gasteiger charge is 2.13. The Kier molecular flexibility index (Phi) is 5.93. The molecular formula is C18H13Br2ClN2O2. The minimum atomic E-state index is -0.223. The molecule has 1 aromatic heterocycles. The van der Waals surface area contributed by atoms with E-state index in [1.807, 2.05) is 36.4 Å². The Bertz CT molecular complexity index is 934. The van der Waals surface area contributed by atoms with Crippen molar-refractivity contribution < 1.29 is 9.53 Å². The Hall–Kier alpha value is -1.63. The van der Waals surface area contributed by atoms with Gasteiger partial charge in [0.15, 0.2) is 12.4 Å². The number of aromatic nitrogens is 1. The van der Waals surface area contributed by atoms with Crippen molar-refractivity contribution in [1.29, 1.82) is 0 Å². The molecule has 4 nitrogen and oxygen atoms in total. The summed E-state index contributed by atoms with van der Waals surface area (Å²) >= 11 is 12.9. The lowest BCUT2D eigenvalue weighted by Gasteiger charge is -2.12. The number of halogens is 3. The van der Waals surface area contributed by atoms with Gasteiger partial charge in [0.1, 0.15) is 5.52 Å². The molecule has 0 spiro atoms. The molecule has 0 aliphatic carbocycles. The standard InChI is InChI=1S/C18H13Br2ClN2O2/c19-14-8-15(20)18(17-13(14)5-2-6-22-17)25-10-16(24)23-9-11-3-1-4-12(21)7-11/h1-8H,9-10H2,(H,23,24). The van der Waals surface area contributed by atoms with E-state index >= 15 is 0 Å². The number of rotatable bonds is 5. The van der Waals surface area contributed by atoms with Crippen molar-refractivity contribution in [3.63, 3.8) is 0 Å². The van der Waals surface area contributed by atoms with E-state index in [1.54, 1.807) is 12.3 Å². The second-order valence-corrected chi connectivity index (χ2v) is 7.41. The molecule has 0 atom stereocenters. The lowest BCUT2D eigenvalue weighted by atomic mass is 10.2. The van der Waals surface area contributed by atoms with Crippen LogP contribution in [0, 0.1) is 0 Å². The van der Waals surface area contributed by atoms with Crippen LogP contribution in [0.25, 0.3) is 10.9 Å². The molecule has 0 fully saturated rings. The molecule has 0 saturated carbocycles. The third-order valence-electron chi connectivity index (χ3n) is 3.48. The summed E-state index contributed by atoms with van der Waals surface area (Å²) in [4.78, 5) is 16.4. The first-order chi connectivity index (χ1) is 12.0. The predicted molar refractivity (Wildman–Crippen MR) is 106 cm³/mol. The van der Waals surface area contributed by atoms with Crippen molar-refractivity contribution in [2.75, 3.05) is 6.61 Å². The zero-order valence-corrected chi connectivity index (χ0v) is 16.9. The molecular weight excluding hydrogens is 471 g/mol. The van der Waals surface area contributed by atoms with Crippen LogP contribution in [0.4, 0.5) is 0 Å². The first-order valence-corrected chi connectivity index (χ1v) is 9.37. The Morgan fingerprint density at radius 2 is 2.00 bits per heavy atom. The lowest BCUT2D eigenvalue weighted by Crippen LogP contribution is -2.28. The van der Waals surface area contributed by atoms with E-state index in [0.29, 0.717) is 22.8 Å². The van der Waals surface area contributed by atoms with Crippen LogP contribution in [0.1, 0.15) is 5.56 Å². The van der Waals surface area contributed by atoms with Crippen molar-refractivity contribution in [2.45, 2.75) is 6.54 Å². The predicted octanol–water partition coefficient (Wildman–Crippen LogP) is 5.11. The molecule has 0 saturated heterocycles. The molecule has 1 N–H and O–H groups in total. The Morgan fingerprint density at radius 3 is 2.80 bits per heavy atom. The first kappa shape index (κ1) is 18.2. The van der Waals surface area contributed by atoms with E-state index in [9.17, 15) is 4.79 Å². The number of pyridine rings is 1. The molecule has 128 valence electrons. The van der Waals surface area contributed by atoms with Gasteiger partial charge in [-0.25, -0.2) is 0 Å². The van der Waals surface area contributed by atoms with Crippen molar-refractivity contribution in [1.82, 2.24) is 10.3 Å². The van der Waals surface area contributed by atoms with Gasteiger partial charge in [0.2, 0.25) is 0 Å². The summed E-state index contributed by atoms with van der Waals surface area (Å²) in [5.74, 6) is 0.315. The maximum absolute atomic E-state index is 12.1. The number of carbonyl (C=O) groups is 1. The van der Waals surface area contributed by atoms with Crippen LogP contribution in [0.5, 0.6) is 5.75 Å². The molecule has 25 heavy (non-hydrogen) atoms. The topological polar surface area (TPSA) is 51.2 Å². The van der Waals surface area contributed by atoms with E-state index in [-0.39, 0.29) is 12.5 Å². The smallest absolute Gasteiger partial charge is 0.258 e. The third kappa shape index (κ3) is 4.51. The number of carbonyl (C=O) groups excluding carboxylic acids is 1. The molecule has 7 heteroatoms. The van der Waals surface area contributed by atoms with Crippen LogP contribution in [-0.4, -0.2) is 17.5 Å². The molecule has 0 unspecified atom stereocenters. The second-order valence-electron chi connectivity index (χ2n) is 5.26. The SMILES string of the molecule is O=C(COc1c(Br)cc(Br)c2cccnc12)NCc1cccc(Cl)c1.